The van der Waals surface area contributed by atoms with Crippen LogP contribution in [-0.4, -0.2) is 506 Å². The van der Waals surface area contributed by atoms with E-state index in [9.17, 15) is 95.9 Å². The molecule has 1 saturated carbocycles. The third-order valence-corrected chi connectivity index (χ3v) is 32.9. The number of hydroxylamine groups is 12. The van der Waals surface area contributed by atoms with Crippen molar-refractivity contribution in [1.82, 2.24) is 121 Å². The van der Waals surface area contributed by atoms with Gasteiger partial charge in [0.1, 0.15) is 36.3 Å². The molecule has 50 heteroatoms. The van der Waals surface area contributed by atoms with Crippen LogP contribution in [0.1, 0.15) is 180 Å². The number of likely N-dealkylation sites (N-methyl/N-ethyl adjacent to an activating group) is 6. The molecule has 50 nitrogen and oxygen atoms in total. The van der Waals surface area contributed by atoms with Gasteiger partial charge in [-0.25, -0.2) is 28.8 Å². The number of nitrogens with one attached hydrogen (secondary N) is 6. The minimum atomic E-state index is -0.579. The van der Waals surface area contributed by atoms with Crippen LogP contribution >= 0.6 is 0 Å². The number of ketones is 6. The van der Waals surface area contributed by atoms with Gasteiger partial charge in [0.2, 0.25) is 47.3 Å². The SMILES string of the molecule is CON1C(=O)N2C[C@H]1CC[C@H]2C(=O)NCC(=O)[C@@H]1CCC(=O)N1C.CON1C(=O)N2C[C@H]1CC[C@H]2C(=O)NCC(=O)[C@@H]1CCCN1C.CON1C(=O)N2C[C@H]1CC[C@H]2C(=O)NCC(=O)[C@@H]1C[C@H](CC2CC2)CCN1C.CON1C(=O)N2C[C@H]1CC[C@H]2C(=O)NCC(=O)[C@H]1CCC(=O)N1C.CON1C(=O)N2C[C@H]1CC[C@H]2C(=O)NCC(=O)[C@H]1CCCCN1C.CON1C(=O)N2C[C@H]1CC[C@H]2C(=O)NCC(=O)[C@H]1CCCN1C. The second-order valence-corrected chi connectivity index (χ2v) is 41.7. The maximum Gasteiger partial charge on any atom is 0.345 e. The molecule has 0 aromatic heterocycles. The number of hydrogen-bond acceptors (Lipinski definition) is 30. The average molecular weight is 2060 g/mol. The molecule has 19 rings (SSSR count). The lowest BCUT2D eigenvalue weighted by Crippen LogP contribution is -2.53. The smallest absolute Gasteiger partial charge is 0.345 e. The summed E-state index contributed by atoms with van der Waals surface area (Å²) in [6.07, 6.45) is 22.2. The number of amides is 20. The van der Waals surface area contributed by atoms with Crippen LogP contribution < -0.4 is 31.9 Å². The molecule has 19 atom stereocenters. The largest absolute Gasteiger partial charge is 0.347 e. The minimum Gasteiger partial charge on any atom is -0.347 e. The van der Waals surface area contributed by atoms with Gasteiger partial charge in [-0.05, 0) is 214 Å². The van der Waals surface area contributed by atoms with E-state index in [1.807, 2.05) is 38.0 Å². The first-order valence-electron chi connectivity index (χ1n) is 51.9. The van der Waals surface area contributed by atoms with Crippen LogP contribution in [0.3, 0.4) is 0 Å². The summed E-state index contributed by atoms with van der Waals surface area (Å²) in [7, 11) is 19.8. The zero-order chi connectivity index (χ0) is 105. The maximum absolute atomic E-state index is 12.8. The summed E-state index contributed by atoms with van der Waals surface area (Å²) in [6.45, 7) is 6.52. The summed E-state index contributed by atoms with van der Waals surface area (Å²) in [5, 5.41) is 24.2. The quantitative estimate of drug-likeness (QED) is 0.0443. The predicted octanol–water partition coefficient (Wildman–Crippen LogP) is -1.56. The Bertz CT molecular complexity index is 4660. The highest BCUT2D eigenvalue weighted by molar-refractivity contribution is 6.00. The third-order valence-electron chi connectivity index (χ3n) is 32.9. The number of carbonyl (C=O) groups excluding carboxylic acids is 20. The van der Waals surface area contributed by atoms with Crippen molar-refractivity contribution in [1.29, 1.82) is 0 Å². The standard InChI is InChI=1S/C20H32N4O4.C16H26N4O4.2C15H22N4O5.2C15H24N4O4/c1-22-8-7-14(9-13-3-4-13)10-17(22)18(25)11-21-19(26)16-6-5-15-12-23(16)20(27)24(15)28-2;1-18-8-4-3-5-12(18)14(21)9-17-15(22)13-7-6-11-10-19(13)16(23)20(11)24-2;2*1-17-10(5-6-13(17)21)12(20)7-16-14(22)11-4-3-9-8-18(11)15(23)19(9)24-2;2*1-17-7-3-4-11(17)13(20)8-16-14(21)12-6-5-10-9-18(12)15(22)19(10)23-2/h13-17H,3-12H2,1-2H3,(H,21,26);11-13H,3-10H2,1-2H3,(H,17,22);2*9-11H,3-8H2,1-2H3,(H,16,22);2*10-12H,3-9H2,1-2H3,(H,16,21)/t14-,15+,16-,17-;11-,12-,13+;9-,10+,11+;9-,10-,11+;10-,11+,12+;10-,11-,12+/m011111/s1. The molecule has 19 fully saturated rings. The first kappa shape index (κ1) is 111. The number of hydrogen-bond donors (Lipinski definition) is 6. The van der Waals surface area contributed by atoms with Crippen molar-refractivity contribution in [3.05, 3.63) is 0 Å². The van der Waals surface area contributed by atoms with Crippen LogP contribution in [0.25, 0.3) is 0 Å². The highest BCUT2D eigenvalue weighted by Crippen LogP contribution is 2.41. The first-order chi connectivity index (χ1) is 69.9. The van der Waals surface area contributed by atoms with E-state index in [-0.39, 0.29) is 218 Å². The zero-order valence-electron chi connectivity index (χ0n) is 86.3. The van der Waals surface area contributed by atoms with Crippen molar-refractivity contribution in [3.63, 3.8) is 0 Å². The monoisotopic (exact) mass is 2060 g/mol. The molecule has 0 aromatic carbocycles. The Balaban J connectivity index is 0.000000139. The van der Waals surface area contributed by atoms with Crippen molar-refractivity contribution < 1.29 is 125 Å². The number of urea groups is 6. The number of nitrogens with zero attached hydrogens (tertiary/aromatic N) is 18. The van der Waals surface area contributed by atoms with Gasteiger partial charge in [0.15, 0.2) is 34.7 Å². The molecule has 18 aliphatic heterocycles. The van der Waals surface area contributed by atoms with Gasteiger partial charge in [-0.1, -0.05) is 19.3 Å². The Labute approximate surface area is 850 Å². The lowest BCUT2D eigenvalue weighted by atomic mass is 9.85. The van der Waals surface area contributed by atoms with Crippen molar-refractivity contribution in [2.45, 2.75) is 289 Å². The molecule has 0 unspecified atom stereocenters. The second kappa shape index (κ2) is 49.4. The molecular formula is C96H150N24O26. The summed E-state index contributed by atoms with van der Waals surface area (Å²) in [4.78, 5) is 296. The topological polar surface area (TPSA) is 527 Å². The van der Waals surface area contributed by atoms with E-state index < -0.39 is 48.3 Å². The van der Waals surface area contributed by atoms with E-state index in [0.717, 1.165) is 109 Å². The van der Waals surface area contributed by atoms with Gasteiger partial charge in [0.25, 0.3) is 0 Å². The molecule has 18 saturated heterocycles. The second-order valence-electron chi connectivity index (χ2n) is 41.7. The summed E-state index contributed by atoms with van der Waals surface area (Å²) in [5.41, 5.74) is 0. The zero-order valence-corrected chi connectivity index (χ0v) is 86.3. The minimum absolute atomic E-state index is 0.0162. The van der Waals surface area contributed by atoms with Crippen LogP contribution in [-0.2, 0) is 96.1 Å². The molecule has 20 amide bonds. The fraction of sp³-hybridized carbons (Fsp3) is 0.792. The van der Waals surface area contributed by atoms with E-state index in [2.05, 4.69) is 41.7 Å². The van der Waals surface area contributed by atoms with Crippen molar-refractivity contribution >= 4 is 118 Å². The number of carbonyl (C=O) groups is 20. The Morgan fingerprint density at radius 3 is 0.678 bits per heavy atom. The number of likely N-dealkylation sites (tertiary alicyclic amines) is 6. The predicted molar refractivity (Wildman–Crippen MR) is 514 cm³/mol. The molecular weight excluding hydrogens is 1910 g/mol. The van der Waals surface area contributed by atoms with E-state index in [0.29, 0.717) is 122 Å². The number of rotatable bonds is 32. The molecule has 0 spiro atoms. The summed E-state index contributed by atoms with van der Waals surface area (Å²) in [5.74, 6) is -0.396. The van der Waals surface area contributed by atoms with Crippen molar-refractivity contribution in [2.24, 2.45) is 11.8 Å². The van der Waals surface area contributed by atoms with Gasteiger partial charge in [-0.2, -0.15) is 30.4 Å². The Morgan fingerprint density at radius 2 is 0.466 bits per heavy atom. The van der Waals surface area contributed by atoms with Crippen LogP contribution in [0.2, 0.25) is 0 Å². The summed E-state index contributed by atoms with van der Waals surface area (Å²) >= 11 is 0. The molecule has 12 bridgehead atoms. The van der Waals surface area contributed by atoms with Crippen molar-refractivity contribution in [3.8, 4) is 0 Å². The average Bonchev–Trinajstić information content (AvgIpc) is 1.65. The Kier molecular flexibility index (Phi) is 37.5. The third kappa shape index (κ3) is 24.7. The molecule has 19 aliphatic rings. The molecule has 1 aliphatic carbocycles. The lowest BCUT2D eigenvalue weighted by Gasteiger charge is -2.36. The molecule has 0 aromatic rings. The maximum atomic E-state index is 12.8. The Hall–Kier alpha value is -11.0. The number of fused-ring (bicyclic) bond motifs is 12. The van der Waals surface area contributed by atoms with Crippen LogP contribution in [0.15, 0.2) is 0 Å². The Morgan fingerprint density at radius 1 is 0.240 bits per heavy atom. The molecule has 810 valence electrons. The van der Waals surface area contributed by atoms with Gasteiger partial charge in [-0.3, -0.25) is 116 Å². The lowest BCUT2D eigenvalue weighted by molar-refractivity contribution is -0.133. The molecule has 146 heavy (non-hydrogen) atoms. The highest BCUT2D eigenvalue weighted by Gasteiger charge is 2.55. The van der Waals surface area contributed by atoms with E-state index in [1.54, 1.807) is 33.7 Å². The van der Waals surface area contributed by atoms with Gasteiger partial charge >= 0.3 is 36.2 Å². The highest BCUT2D eigenvalue weighted by atomic mass is 16.7. The van der Waals surface area contributed by atoms with E-state index in [4.69, 9.17) is 29.0 Å². The first-order valence-corrected chi connectivity index (χ1v) is 51.9. The van der Waals surface area contributed by atoms with Crippen LogP contribution in [0, 0.1) is 11.8 Å². The summed E-state index contributed by atoms with van der Waals surface area (Å²) in [6, 6.07) is -6.18. The fourth-order valence-corrected chi connectivity index (χ4v) is 24.3. The number of Topliss-reactive ketones (excluding diaryl/α,β-unsaturated/α-hetero) is 6. The molecule has 0 radical (unpaired) electrons. The van der Waals surface area contributed by atoms with Gasteiger partial charge in [-0.15, -0.1) is 0 Å². The molecule has 18 heterocycles. The van der Waals surface area contributed by atoms with E-state index >= 15 is 0 Å². The van der Waals surface area contributed by atoms with E-state index in [1.165, 1.54) is 118 Å². The molecule has 6 N–H and O–H groups in total. The van der Waals surface area contributed by atoms with Gasteiger partial charge in [0.05, 0.1) is 154 Å². The normalized spacial score (nSPS) is 30.8. The summed E-state index contributed by atoms with van der Waals surface area (Å²) < 4.78 is 0. The van der Waals surface area contributed by atoms with Crippen LogP contribution in [0.4, 0.5) is 28.8 Å². The van der Waals surface area contributed by atoms with Crippen LogP contribution in [0.5, 0.6) is 0 Å². The fourth-order valence-electron chi connectivity index (χ4n) is 24.3. The van der Waals surface area contributed by atoms with Gasteiger partial charge < -0.3 is 71.1 Å². The number of piperidine rings is 8. The van der Waals surface area contributed by atoms with Gasteiger partial charge in [0, 0.05) is 66.2 Å². The van der Waals surface area contributed by atoms with Crippen molar-refractivity contribution in [2.75, 3.05) is 190 Å².